The highest BCUT2D eigenvalue weighted by Gasteiger charge is 2.51. The smallest absolute Gasteiger partial charge is 0.0725 e. The van der Waals surface area contributed by atoms with Crippen LogP contribution in [0.5, 0.6) is 0 Å². The van der Waals surface area contributed by atoms with Crippen LogP contribution in [-0.4, -0.2) is 0 Å². The van der Waals surface area contributed by atoms with Gasteiger partial charge >= 0.3 is 0 Å². The molecule has 0 N–H and O–H groups in total. The van der Waals surface area contributed by atoms with E-state index in [2.05, 4.69) is 243 Å². The van der Waals surface area contributed by atoms with E-state index in [-0.39, 0.29) is 10.8 Å². The third-order valence-corrected chi connectivity index (χ3v) is 14.5. The molecule has 10 aromatic rings. The summed E-state index contributed by atoms with van der Waals surface area (Å²) in [6.07, 6.45) is 0. The summed E-state index contributed by atoms with van der Waals surface area (Å²) in [4.78, 5) is 2.42. The fourth-order valence-electron chi connectivity index (χ4n) is 11.8. The van der Waals surface area contributed by atoms with E-state index in [9.17, 15) is 0 Å². The van der Waals surface area contributed by atoms with E-state index in [1.807, 2.05) is 0 Å². The van der Waals surface area contributed by atoms with Crippen LogP contribution in [0.15, 0.2) is 224 Å². The molecule has 0 aliphatic heterocycles. The molecule has 1 spiro atoms. The molecule has 0 saturated carbocycles. The van der Waals surface area contributed by atoms with Gasteiger partial charge in [0.25, 0.3) is 0 Å². The van der Waals surface area contributed by atoms with E-state index in [0.29, 0.717) is 0 Å². The predicted molar refractivity (Wildman–Crippen MR) is 263 cm³/mol. The van der Waals surface area contributed by atoms with Gasteiger partial charge in [0.15, 0.2) is 0 Å². The van der Waals surface area contributed by atoms with Crippen LogP contribution in [-0.2, 0) is 10.8 Å². The minimum atomic E-state index is -0.350. The molecule has 0 aromatic heterocycles. The Hall–Kier alpha value is -7.74. The maximum absolute atomic E-state index is 2.46. The number of benzene rings is 10. The molecular weight excluding hydrogens is 759 g/mol. The molecule has 13 rings (SSSR count). The zero-order valence-electron chi connectivity index (χ0n) is 35.3. The average Bonchev–Trinajstić information content (AvgIpc) is 3.90. The standard InChI is InChI=1S/C62H43N/c1-61(2)53-26-12-11-24-51(53)60-45(25-16-30-58(60)61)40-31-34-43(35-32-40)63(42-17-4-3-5-18-42)59-38-36-44(46-19-6-7-23-50(46)59)41-33-37-57-52(39-41)49-22-10-15-29-56(49)62(57)54-27-13-8-20-47(54)48-21-9-14-28-55(48)62/h3-39H,1-2H3. The molecule has 0 radical (unpaired) electrons. The van der Waals surface area contributed by atoms with Gasteiger partial charge in [-0.15, -0.1) is 0 Å². The third kappa shape index (κ3) is 4.94. The van der Waals surface area contributed by atoms with Crippen LogP contribution in [0, 0.1) is 0 Å². The van der Waals surface area contributed by atoms with Crippen LogP contribution in [0.25, 0.3) is 66.4 Å². The summed E-state index contributed by atoms with van der Waals surface area (Å²) in [5, 5.41) is 2.44. The lowest BCUT2D eigenvalue weighted by atomic mass is 9.70. The molecular formula is C62H43N. The molecule has 296 valence electrons. The zero-order chi connectivity index (χ0) is 41.9. The first kappa shape index (κ1) is 36.0. The fourth-order valence-corrected chi connectivity index (χ4v) is 11.8. The normalized spacial score (nSPS) is 14.1. The Morgan fingerprint density at radius 1 is 0.302 bits per heavy atom. The van der Waals surface area contributed by atoms with E-state index in [1.165, 1.54) is 99.8 Å². The van der Waals surface area contributed by atoms with Crippen LogP contribution in [0.4, 0.5) is 17.1 Å². The number of rotatable bonds is 5. The summed E-state index contributed by atoms with van der Waals surface area (Å²) < 4.78 is 0. The van der Waals surface area contributed by atoms with Crippen molar-refractivity contribution < 1.29 is 0 Å². The summed E-state index contributed by atoms with van der Waals surface area (Å²) in [6, 6.07) is 83.8. The molecule has 0 saturated heterocycles. The lowest BCUT2D eigenvalue weighted by Gasteiger charge is -2.30. The fraction of sp³-hybridized carbons (Fsp3) is 0.0645. The zero-order valence-corrected chi connectivity index (χ0v) is 35.3. The lowest BCUT2D eigenvalue weighted by Crippen LogP contribution is -2.25. The van der Waals surface area contributed by atoms with Gasteiger partial charge in [-0.05, 0) is 131 Å². The van der Waals surface area contributed by atoms with Gasteiger partial charge in [0.05, 0.1) is 11.1 Å². The maximum atomic E-state index is 2.46. The molecule has 0 amide bonds. The third-order valence-electron chi connectivity index (χ3n) is 14.5. The van der Waals surface area contributed by atoms with E-state index >= 15 is 0 Å². The Bertz CT molecular complexity index is 3440. The first-order chi connectivity index (χ1) is 31.0. The van der Waals surface area contributed by atoms with Crippen LogP contribution >= 0.6 is 0 Å². The highest BCUT2D eigenvalue weighted by Crippen LogP contribution is 2.63. The Labute approximate surface area is 369 Å². The molecule has 0 fully saturated rings. The second kappa shape index (κ2) is 13.4. The van der Waals surface area contributed by atoms with Crippen molar-refractivity contribution in [3.05, 3.63) is 258 Å². The molecule has 10 aromatic carbocycles. The molecule has 63 heavy (non-hydrogen) atoms. The Balaban J connectivity index is 0.944. The second-order valence-corrected chi connectivity index (χ2v) is 17.9. The summed E-state index contributed by atoms with van der Waals surface area (Å²) in [6.45, 7) is 4.70. The Morgan fingerprint density at radius 2 is 0.794 bits per heavy atom. The van der Waals surface area contributed by atoms with Gasteiger partial charge in [-0.25, -0.2) is 0 Å². The average molecular weight is 802 g/mol. The van der Waals surface area contributed by atoms with Gasteiger partial charge < -0.3 is 4.90 Å². The largest absolute Gasteiger partial charge is 0.310 e. The molecule has 1 nitrogen and oxygen atoms in total. The Kier molecular flexibility index (Phi) is 7.64. The van der Waals surface area contributed by atoms with Crippen LogP contribution in [0.1, 0.15) is 47.2 Å². The number of fused-ring (bicyclic) bond motifs is 14. The summed E-state index contributed by atoms with van der Waals surface area (Å²) >= 11 is 0. The van der Waals surface area contributed by atoms with Crippen molar-refractivity contribution >= 4 is 27.8 Å². The van der Waals surface area contributed by atoms with Crippen LogP contribution in [0.2, 0.25) is 0 Å². The molecule has 0 bridgehead atoms. The molecule has 3 aliphatic carbocycles. The summed E-state index contributed by atoms with van der Waals surface area (Å²) in [5.74, 6) is 0. The SMILES string of the molecule is CC1(C)c2ccccc2-c2c(-c3ccc(N(c4ccccc4)c4ccc(-c5ccc6c(c5)-c5ccccc5C65c6ccccc6-c6ccccc65)c5ccccc45)cc3)cccc21. The lowest BCUT2D eigenvalue weighted by molar-refractivity contribution is 0.660. The van der Waals surface area contributed by atoms with E-state index in [1.54, 1.807) is 0 Å². The molecule has 0 heterocycles. The number of hydrogen-bond acceptors (Lipinski definition) is 1. The van der Waals surface area contributed by atoms with Crippen molar-refractivity contribution in [2.75, 3.05) is 4.90 Å². The Morgan fingerprint density at radius 3 is 1.48 bits per heavy atom. The van der Waals surface area contributed by atoms with Crippen molar-refractivity contribution in [2.45, 2.75) is 24.7 Å². The van der Waals surface area contributed by atoms with Crippen molar-refractivity contribution in [1.29, 1.82) is 0 Å². The molecule has 3 aliphatic rings. The minimum absolute atomic E-state index is 0.0416. The van der Waals surface area contributed by atoms with Crippen molar-refractivity contribution in [1.82, 2.24) is 0 Å². The van der Waals surface area contributed by atoms with Gasteiger partial charge in [-0.2, -0.15) is 0 Å². The molecule has 0 atom stereocenters. The van der Waals surface area contributed by atoms with E-state index in [0.717, 1.165) is 17.1 Å². The topological polar surface area (TPSA) is 3.24 Å². The van der Waals surface area contributed by atoms with Gasteiger partial charge in [-0.1, -0.05) is 202 Å². The van der Waals surface area contributed by atoms with E-state index in [4.69, 9.17) is 0 Å². The number of hydrogen-bond donors (Lipinski definition) is 0. The van der Waals surface area contributed by atoms with Crippen molar-refractivity contribution in [3.8, 4) is 55.6 Å². The van der Waals surface area contributed by atoms with Gasteiger partial charge in [0.2, 0.25) is 0 Å². The summed E-state index contributed by atoms with van der Waals surface area (Å²) in [5.41, 5.74) is 24.2. The number of anilines is 3. The van der Waals surface area contributed by atoms with Crippen molar-refractivity contribution in [2.24, 2.45) is 0 Å². The molecule has 1 heteroatoms. The monoisotopic (exact) mass is 801 g/mol. The quantitative estimate of drug-likeness (QED) is 0.168. The summed E-state index contributed by atoms with van der Waals surface area (Å²) in [7, 11) is 0. The second-order valence-electron chi connectivity index (χ2n) is 17.9. The predicted octanol–water partition coefficient (Wildman–Crippen LogP) is 16.3. The van der Waals surface area contributed by atoms with Crippen molar-refractivity contribution in [3.63, 3.8) is 0 Å². The first-order valence-electron chi connectivity index (χ1n) is 22.2. The van der Waals surface area contributed by atoms with Gasteiger partial charge in [0.1, 0.15) is 0 Å². The van der Waals surface area contributed by atoms with E-state index < -0.39 is 0 Å². The highest BCUT2D eigenvalue weighted by atomic mass is 15.1. The maximum Gasteiger partial charge on any atom is 0.0725 e. The first-order valence-corrected chi connectivity index (χ1v) is 22.2. The van der Waals surface area contributed by atoms with Gasteiger partial charge in [-0.3, -0.25) is 0 Å². The number of nitrogens with zero attached hydrogens (tertiary/aromatic N) is 1. The van der Waals surface area contributed by atoms with Crippen LogP contribution in [0.3, 0.4) is 0 Å². The number of para-hydroxylation sites is 1. The van der Waals surface area contributed by atoms with Crippen LogP contribution < -0.4 is 4.90 Å². The highest BCUT2D eigenvalue weighted by molar-refractivity contribution is 6.07. The minimum Gasteiger partial charge on any atom is -0.310 e. The van der Waals surface area contributed by atoms with Gasteiger partial charge in [0, 0.05) is 22.2 Å². The molecule has 0 unspecified atom stereocenters.